The Morgan fingerprint density at radius 1 is 1.04 bits per heavy atom. The molecule has 0 aromatic carbocycles. The molecule has 136 valence electrons. The summed E-state index contributed by atoms with van der Waals surface area (Å²) in [6.45, 7) is 13.3. The van der Waals surface area contributed by atoms with E-state index in [1.54, 1.807) is 0 Å². The molecule has 2 fully saturated rings. The molecule has 0 aliphatic heterocycles. The largest absolute Gasteiger partial charge is 0.413 e. The minimum absolute atomic E-state index is 0.0862. The third-order valence-corrected chi connectivity index (χ3v) is 15.4. The van der Waals surface area contributed by atoms with Gasteiger partial charge in [0.05, 0.1) is 16.6 Å². The van der Waals surface area contributed by atoms with Crippen molar-refractivity contribution in [2.24, 2.45) is 0 Å². The minimum Gasteiger partial charge on any atom is -0.413 e. The predicted octanol–water partition coefficient (Wildman–Crippen LogP) is 3.65. The van der Waals surface area contributed by atoms with Crippen LogP contribution in [-0.4, -0.2) is 44.5 Å². The number of hydrogen-bond acceptors (Lipinski definition) is 4. The topological polar surface area (TPSA) is 63.6 Å². The summed E-state index contributed by atoms with van der Waals surface area (Å²) in [6, 6.07) is 0. The number of sulfone groups is 1. The average Bonchev–Trinajstić information content (AvgIpc) is 3.16. The van der Waals surface area contributed by atoms with Gasteiger partial charge in [0, 0.05) is 6.10 Å². The first-order valence-corrected chi connectivity index (χ1v) is 12.7. The lowest BCUT2D eigenvalue weighted by Gasteiger charge is -2.48. The normalized spacial score (nSPS) is 27.6. The Morgan fingerprint density at radius 3 is 1.78 bits per heavy atom. The van der Waals surface area contributed by atoms with E-state index < -0.39 is 22.9 Å². The lowest BCUT2D eigenvalue weighted by molar-refractivity contribution is 0.101. The van der Waals surface area contributed by atoms with Gasteiger partial charge in [-0.05, 0) is 42.3 Å². The van der Waals surface area contributed by atoms with Crippen LogP contribution in [0.5, 0.6) is 0 Å². The molecule has 23 heavy (non-hydrogen) atoms. The zero-order chi connectivity index (χ0) is 17.6. The Hall–Kier alpha value is 0.0869. The highest BCUT2D eigenvalue weighted by molar-refractivity contribution is 7.93. The van der Waals surface area contributed by atoms with Crippen LogP contribution in [-0.2, 0) is 14.3 Å². The number of aliphatic hydroxyl groups is 1. The van der Waals surface area contributed by atoms with Crippen LogP contribution >= 0.6 is 0 Å². The maximum atomic E-state index is 12.6. The fraction of sp³-hybridized carbons (Fsp3) is 1.00. The van der Waals surface area contributed by atoms with Gasteiger partial charge in [-0.25, -0.2) is 8.42 Å². The standard InChI is InChI=1S/C17H34O4SSi/c1-12(2)23(13(3)4,14(5)6)21-15-9-16(10-15)22(19,20)17(11-18)7-8-17/h12-16,18H,7-11H2,1-6H3. The highest BCUT2D eigenvalue weighted by atomic mass is 32.2. The summed E-state index contributed by atoms with van der Waals surface area (Å²) in [4.78, 5) is 0. The zero-order valence-electron chi connectivity index (χ0n) is 15.5. The van der Waals surface area contributed by atoms with Crippen molar-refractivity contribution >= 4 is 18.2 Å². The number of aliphatic hydroxyl groups excluding tert-OH is 1. The maximum absolute atomic E-state index is 12.6. The lowest BCUT2D eigenvalue weighted by Crippen LogP contribution is -2.55. The summed E-state index contributed by atoms with van der Waals surface area (Å²) < 4.78 is 31.1. The van der Waals surface area contributed by atoms with Crippen molar-refractivity contribution in [2.45, 2.75) is 100.0 Å². The van der Waals surface area contributed by atoms with Crippen LogP contribution in [0.2, 0.25) is 16.6 Å². The fourth-order valence-corrected chi connectivity index (χ4v) is 12.7. The van der Waals surface area contributed by atoms with Crippen LogP contribution in [0.3, 0.4) is 0 Å². The Balaban J connectivity index is 2.04. The molecule has 0 aromatic rings. The van der Waals surface area contributed by atoms with E-state index in [1.807, 2.05) is 0 Å². The maximum Gasteiger partial charge on any atom is 0.200 e. The molecule has 0 saturated heterocycles. The second kappa shape index (κ2) is 6.43. The molecule has 2 aliphatic carbocycles. The minimum atomic E-state index is -3.20. The number of hydrogen-bond donors (Lipinski definition) is 1. The van der Waals surface area contributed by atoms with Gasteiger partial charge in [-0.2, -0.15) is 0 Å². The quantitative estimate of drug-likeness (QED) is 0.669. The van der Waals surface area contributed by atoms with Crippen LogP contribution < -0.4 is 0 Å². The molecule has 0 unspecified atom stereocenters. The van der Waals surface area contributed by atoms with Crippen LogP contribution in [0.15, 0.2) is 0 Å². The van der Waals surface area contributed by atoms with Crippen LogP contribution in [0.25, 0.3) is 0 Å². The van der Waals surface area contributed by atoms with E-state index in [4.69, 9.17) is 4.43 Å². The van der Waals surface area contributed by atoms with Crippen molar-refractivity contribution in [3.05, 3.63) is 0 Å². The van der Waals surface area contributed by atoms with E-state index in [9.17, 15) is 13.5 Å². The van der Waals surface area contributed by atoms with Gasteiger partial charge in [-0.1, -0.05) is 41.5 Å². The first-order chi connectivity index (χ1) is 10.5. The summed E-state index contributed by atoms with van der Waals surface area (Å²) in [5, 5.41) is 9.12. The van der Waals surface area contributed by atoms with Crippen molar-refractivity contribution in [3.8, 4) is 0 Å². The second-order valence-corrected chi connectivity index (χ2v) is 16.6. The molecule has 2 saturated carbocycles. The third-order valence-electron chi connectivity index (χ3n) is 6.27. The van der Waals surface area contributed by atoms with E-state index >= 15 is 0 Å². The zero-order valence-corrected chi connectivity index (χ0v) is 17.3. The van der Waals surface area contributed by atoms with Gasteiger partial charge in [0.2, 0.25) is 8.32 Å². The molecule has 0 spiro atoms. The van der Waals surface area contributed by atoms with Gasteiger partial charge in [-0.3, -0.25) is 0 Å². The van der Waals surface area contributed by atoms with Gasteiger partial charge in [0.1, 0.15) is 0 Å². The molecule has 0 amide bonds. The van der Waals surface area contributed by atoms with E-state index in [1.165, 1.54) is 0 Å². The Labute approximate surface area is 143 Å². The molecule has 2 rings (SSSR count). The van der Waals surface area contributed by atoms with Crippen molar-refractivity contribution in [2.75, 3.05) is 6.61 Å². The first-order valence-electron chi connectivity index (χ1n) is 9.05. The third kappa shape index (κ3) is 3.05. The smallest absolute Gasteiger partial charge is 0.200 e. The highest BCUT2D eigenvalue weighted by Crippen LogP contribution is 2.51. The summed E-state index contributed by atoms with van der Waals surface area (Å²) >= 11 is 0. The van der Waals surface area contributed by atoms with Gasteiger partial charge in [-0.15, -0.1) is 0 Å². The van der Waals surface area contributed by atoms with Gasteiger partial charge >= 0.3 is 0 Å². The Kier molecular flexibility index (Phi) is 5.43. The monoisotopic (exact) mass is 362 g/mol. The van der Waals surface area contributed by atoms with Crippen molar-refractivity contribution in [1.29, 1.82) is 0 Å². The van der Waals surface area contributed by atoms with Crippen molar-refractivity contribution < 1.29 is 18.0 Å². The van der Waals surface area contributed by atoms with Crippen LogP contribution in [0.4, 0.5) is 0 Å². The van der Waals surface area contributed by atoms with Crippen molar-refractivity contribution in [1.82, 2.24) is 0 Å². The number of rotatable bonds is 8. The fourth-order valence-electron chi connectivity index (χ4n) is 4.59. The molecule has 2 aliphatic rings. The molecule has 6 heteroatoms. The Morgan fingerprint density at radius 2 is 1.48 bits per heavy atom. The average molecular weight is 363 g/mol. The highest BCUT2D eigenvalue weighted by Gasteiger charge is 2.60. The molecule has 0 radical (unpaired) electrons. The van der Waals surface area contributed by atoms with Crippen LogP contribution in [0, 0.1) is 0 Å². The molecule has 1 N–H and O–H groups in total. The summed E-state index contributed by atoms with van der Waals surface area (Å²) in [7, 11) is -5.14. The Bertz CT molecular complexity index is 495. The van der Waals surface area contributed by atoms with Gasteiger partial charge < -0.3 is 9.53 Å². The SMILES string of the molecule is CC(C)[Si](OC1CC(S(=O)(=O)C2(CO)CC2)C1)(C(C)C)C(C)C. The molecule has 0 atom stereocenters. The van der Waals surface area contributed by atoms with Gasteiger partial charge in [0.15, 0.2) is 9.84 Å². The summed E-state index contributed by atoms with van der Waals surface area (Å²) in [5.74, 6) is 0. The molecular weight excluding hydrogens is 328 g/mol. The summed E-state index contributed by atoms with van der Waals surface area (Å²) in [6.07, 6.45) is 2.56. The second-order valence-electron chi connectivity index (χ2n) is 8.54. The molecule has 0 aromatic heterocycles. The van der Waals surface area contributed by atoms with E-state index in [-0.39, 0.29) is 18.0 Å². The van der Waals surface area contributed by atoms with E-state index in [0.29, 0.717) is 42.3 Å². The summed E-state index contributed by atoms with van der Waals surface area (Å²) in [5.41, 5.74) is 1.56. The predicted molar refractivity (Wildman–Crippen MR) is 96.9 cm³/mol. The molecular formula is C17H34O4SSi. The van der Waals surface area contributed by atoms with Crippen molar-refractivity contribution in [3.63, 3.8) is 0 Å². The van der Waals surface area contributed by atoms with E-state index in [0.717, 1.165) is 0 Å². The van der Waals surface area contributed by atoms with Crippen LogP contribution in [0.1, 0.15) is 67.2 Å². The van der Waals surface area contributed by atoms with E-state index in [2.05, 4.69) is 41.5 Å². The first kappa shape index (κ1) is 19.4. The lowest BCUT2D eigenvalue weighted by atomic mass is 9.96. The molecule has 0 bridgehead atoms. The van der Waals surface area contributed by atoms with Gasteiger partial charge in [0.25, 0.3) is 0 Å². The molecule has 4 nitrogen and oxygen atoms in total. The molecule has 0 heterocycles.